The Bertz CT molecular complexity index is 952. The second kappa shape index (κ2) is 10.2. The summed E-state index contributed by atoms with van der Waals surface area (Å²) in [6, 6.07) is 23.7. The van der Waals surface area contributed by atoms with Crippen molar-refractivity contribution in [1.82, 2.24) is 0 Å². The van der Waals surface area contributed by atoms with Crippen molar-refractivity contribution >= 4 is 17.4 Å². The van der Waals surface area contributed by atoms with Gasteiger partial charge in [0.1, 0.15) is 12.4 Å². The van der Waals surface area contributed by atoms with Crippen LogP contribution in [0.3, 0.4) is 0 Å². The van der Waals surface area contributed by atoms with E-state index in [0.717, 1.165) is 12.8 Å². The first-order chi connectivity index (χ1) is 14.2. The van der Waals surface area contributed by atoms with Crippen molar-refractivity contribution in [2.45, 2.75) is 12.8 Å². The van der Waals surface area contributed by atoms with Crippen LogP contribution < -0.4 is 10.1 Å². The minimum atomic E-state index is -0.565. The van der Waals surface area contributed by atoms with Crippen LogP contribution in [0.4, 0.5) is 5.69 Å². The summed E-state index contributed by atoms with van der Waals surface area (Å²) in [5.74, 6) is 0.0363. The number of aliphatic hydroxyl groups excluding tert-OH is 1. The smallest absolute Gasteiger partial charge is 0.255 e. The lowest BCUT2D eigenvalue weighted by Gasteiger charge is -2.09. The molecule has 0 aromatic heterocycles. The fourth-order valence-electron chi connectivity index (χ4n) is 2.88. The van der Waals surface area contributed by atoms with Gasteiger partial charge in [0, 0.05) is 16.8 Å². The van der Waals surface area contributed by atoms with E-state index in [1.807, 2.05) is 18.2 Å². The Hall–Kier alpha value is -3.44. The van der Waals surface area contributed by atoms with Crippen LogP contribution in [0.2, 0.25) is 0 Å². The van der Waals surface area contributed by atoms with Crippen molar-refractivity contribution in [3.63, 3.8) is 0 Å². The van der Waals surface area contributed by atoms with Crippen molar-refractivity contribution in [2.24, 2.45) is 0 Å². The summed E-state index contributed by atoms with van der Waals surface area (Å²) < 4.78 is 5.74. The van der Waals surface area contributed by atoms with Gasteiger partial charge in [0.05, 0.1) is 6.61 Å². The summed E-state index contributed by atoms with van der Waals surface area (Å²) >= 11 is 0. The summed E-state index contributed by atoms with van der Waals surface area (Å²) in [4.78, 5) is 24.0. The highest BCUT2D eigenvalue weighted by molar-refractivity contribution is 6.05. The van der Waals surface area contributed by atoms with Crippen molar-refractivity contribution in [3.8, 4) is 5.75 Å². The van der Waals surface area contributed by atoms with Gasteiger partial charge in [-0.3, -0.25) is 9.59 Å². The van der Waals surface area contributed by atoms with Gasteiger partial charge in [-0.2, -0.15) is 0 Å². The van der Waals surface area contributed by atoms with E-state index >= 15 is 0 Å². The van der Waals surface area contributed by atoms with Gasteiger partial charge in [-0.15, -0.1) is 0 Å². The molecule has 0 aliphatic rings. The average Bonchev–Trinajstić information content (AvgIpc) is 2.77. The lowest BCUT2D eigenvalue weighted by Crippen LogP contribution is -2.13. The Morgan fingerprint density at radius 3 is 2.34 bits per heavy atom. The van der Waals surface area contributed by atoms with Crippen LogP contribution in [0.1, 0.15) is 32.7 Å². The summed E-state index contributed by atoms with van der Waals surface area (Å²) in [7, 11) is 0. The Balaban J connectivity index is 1.50. The van der Waals surface area contributed by atoms with Crippen LogP contribution in [-0.4, -0.2) is 30.0 Å². The number of hydrogen-bond acceptors (Lipinski definition) is 4. The normalized spacial score (nSPS) is 10.4. The Morgan fingerprint density at radius 2 is 1.62 bits per heavy atom. The van der Waals surface area contributed by atoms with Crippen LogP contribution >= 0.6 is 0 Å². The summed E-state index contributed by atoms with van der Waals surface area (Å²) in [5.41, 5.74) is 2.62. The molecule has 5 nitrogen and oxygen atoms in total. The van der Waals surface area contributed by atoms with Gasteiger partial charge >= 0.3 is 0 Å². The SMILES string of the molecule is O=C(CO)c1cccc(NC(=O)c2ccc(OCCCc3ccccc3)cc2)c1. The number of anilines is 1. The molecule has 0 saturated carbocycles. The van der Waals surface area contributed by atoms with Gasteiger partial charge in [-0.25, -0.2) is 0 Å². The number of hydrogen-bond donors (Lipinski definition) is 2. The molecule has 0 bridgehead atoms. The third kappa shape index (κ3) is 6.02. The van der Waals surface area contributed by atoms with Crippen molar-refractivity contribution in [3.05, 3.63) is 95.6 Å². The molecule has 0 aliphatic carbocycles. The fourth-order valence-corrected chi connectivity index (χ4v) is 2.88. The number of benzene rings is 3. The molecule has 3 aromatic carbocycles. The maximum absolute atomic E-state index is 12.4. The third-order valence-electron chi connectivity index (χ3n) is 4.42. The third-order valence-corrected chi connectivity index (χ3v) is 4.42. The quantitative estimate of drug-likeness (QED) is 0.426. The molecule has 2 N–H and O–H groups in total. The van der Waals surface area contributed by atoms with E-state index in [0.29, 0.717) is 29.2 Å². The number of carbonyl (C=O) groups excluding carboxylic acids is 2. The molecule has 1 amide bonds. The van der Waals surface area contributed by atoms with E-state index in [1.165, 1.54) is 5.56 Å². The lowest BCUT2D eigenvalue weighted by molar-refractivity contribution is 0.0903. The molecule has 0 fully saturated rings. The van der Waals surface area contributed by atoms with E-state index in [-0.39, 0.29) is 5.91 Å². The second-order valence-corrected chi connectivity index (χ2v) is 6.58. The molecule has 5 heteroatoms. The van der Waals surface area contributed by atoms with Gasteiger partial charge in [0.15, 0.2) is 5.78 Å². The standard InChI is InChI=1S/C24H23NO4/c26-17-23(27)20-9-4-10-21(16-20)25-24(28)19-11-13-22(14-12-19)29-15-5-8-18-6-2-1-3-7-18/h1-4,6-7,9-14,16,26H,5,8,15,17H2,(H,25,28). The van der Waals surface area contributed by atoms with Gasteiger partial charge in [0.2, 0.25) is 0 Å². The molecule has 0 aliphatic heterocycles. The van der Waals surface area contributed by atoms with Crippen LogP contribution in [0.15, 0.2) is 78.9 Å². The fraction of sp³-hybridized carbons (Fsp3) is 0.167. The van der Waals surface area contributed by atoms with Crippen LogP contribution in [0, 0.1) is 0 Å². The van der Waals surface area contributed by atoms with Crippen LogP contribution in [0.5, 0.6) is 5.75 Å². The highest BCUT2D eigenvalue weighted by Gasteiger charge is 2.09. The number of nitrogens with one attached hydrogen (secondary N) is 1. The molecule has 148 valence electrons. The molecule has 0 spiro atoms. The van der Waals surface area contributed by atoms with E-state index < -0.39 is 12.4 Å². The van der Waals surface area contributed by atoms with Gasteiger partial charge in [-0.05, 0) is 54.8 Å². The summed E-state index contributed by atoms with van der Waals surface area (Å²) in [6.45, 7) is 0.0380. The number of ketones is 1. The first-order valence-electron chi connectivity index (χ1n) is 9.48. The van der Waals surface area contributed by atoms with Gasteiger partial charge < -0.3 is 15.2 Å². The maximum atomic E-state index is 12.4. The van der Waals surface area contributed by atoms with Crippen LogP contribution in [-0.2, 0) is 6.42 Å². The molecular weight excluding hydrogens is 366 g/mol. The second-order valence-electron chi connectivity index (χ2n) is 6.58. The van der Waals surface area contributed by atoms with Crippen LogP contribution in [0.25, 0.3) is 0 Å². The Kier molecular flexibility index (Phi) is 7.14. The van der Waals surface area contributed by atoms with E-state index in [9.17, 15) is 9.59 Å². The van der Waals surface area contributed by atoms with E-state index in [2.05, 4.69) is 17.4 Å². The zero-order chi connectivity index (χ0) is 20.5. The molecule has 29 heavy (non-hydrogen) atoms. The van der Waals surface area contributed by atoms with Crippen molar-refractivity contribution in [1.29, 1.82) is 0 Å². The minimum Gasteiger partial charge on any atom is -0.494 e. The number of aliphatic hydroxyl groups is 1. The molecule has 0 heterocycles. The number of Topliss-reactive ketones (excluding diaryl/α,β-unsaturated/α-hetero) is 1. The maximum Gasteiger partial charge on any atom is 0.255 e. The molecule has 0 saturated heterocycles. The molecular formula is C24H23NO4. The number of ether oxygens (including phenoxy) is 1. The molecule has 3 rings (SSSR count). The van der Waals surface area contributed by atoms with Gasteiger partial charge in [0.25, 0.3) is 5.91 Å². The monoisotopic (exact) mass is 389 g/mol. The number of aryl methyl sites for hydroxylation is 1. The minimum absolute atomic E-state index is 0.283. The average molecular weight is 389 g/mol. The highest BCUT2D eigenvalue weighted by atomic mass is 16.5. The largest absolute Gasteiger partial charge is 0.494 e. The number of rotatable bonds is 9. The predicted octanol–water partition coefficient (Wildman–Crippen LogP) is 4.13. The highest BCUT2D eigenvalue weighted by Crippen LogP contribution is 2.16. The number of amides is 1. The molecule has 0 atom stereocenters. The first-order valence-corrected chi connectivity index (χ1v) is 9.48. The van der Waals surface area contributed by atoms with E-state index in [4.69, 9.17) is 9.84 Å². The number of carbonyl (C=O) groups is 2. The lowest BCUT2D eigenvalue weighted by atomic mass is 10.1. The molecule has 3 aromatic rings. The summed E-state index contributed by atoms with van der Waals surface area (Å²) in [6.07, 6.45) is 1.87. The molecule has 0 unspecified atom stereocenters. The Morgan fingerprint density at radius 1 is 0.862 bits per heavy atom. The molecule has 0 radical (unpaired) electrons. The predicted molar refractivity (Wildman–Crippen MR) is 113 cm³/mol. The first kappa shape index (κ1) is 20.3. The Labute approximate surface area is 170 Å². The van der Waals surface area contributed by atoms with Crippen molar-refractivity contribution in [2.75, 3.05) is 18.5 Å². The topological polar surface area (TPSA) is 75.6 Å². The zero-order valence-corrected chi connectivity index (χ0v) is 16.0. The zero-order valence-electron chi connectivity index (χ0n) is 16.0. The van der Waals surface area contributed by atoms with Crippen molar-refractivity contribution < 1.29 is 19.4 Å². The van der Waals surface area contributed by atoms with Gasteiger partial charge in [-0.1, -0.05) is 42.5 Å². The summed E-state index contributed by atoms with van der Waals surface area (Å²) in [5, 5.41) is 11.7. The van der Waals surface area contributed by atoms with E-state index in [1.54, 1.807) is 48.5 Å².